The zero-order valence-electron chi connectivity index (χ0n) is 9.73. The summed E-state index contributed by atoms with van der Waals surface area (Å²) in [7, 11) is 1.95. The molecule has 0 radical (unpaired) electrons. The smallest absolute Gasteiger partial charge is 0.306 e. The second-order valence-electron chi connectivity index (χ2n) is 4.49. The van der Waals surface area contributed by atoms with Gasteiger partial charge in [-0.15, -0.1) is 0 Å². The Labute approximate surface area is 94.0 Å². The summed E-state index contributed by atoms with van der Waals surface area (Å²) in [5.74, 6) is 0.198. The molecule has 1 saturated carbocycles. The maximum Gasteiger partial charge on any atom is 0.306 e. The van der Waals surface area contributed by atoms with Crippen molar-refractivity contribution < 1.29 is 14.4 Å². The first-order valence-corrected chi connectivity index (χ1v) is 5.37. The van der Waals surface area contributed by atoms with Crippen LogP contribution < -0.4 is 4.90 Å². The number of rotatable bonds is 4. The topological polar surface area (TPSA) is 66.6 Å². The van der Waals surface area contributed by atoms with Crippen molar-refractivity contribution in [1.82, 2.24) is 5.16 Å². The highest BCUT2D eigenvalue weighted by molar-refractivity contribution is 5.73. The monoisotopic (exact) mass is 224 g/mol. The molecule has 1 aliphatic carbocycles. The van der Waals surface area contributed by atoms with E-state index in [0.717, 1.165) is 30.1 Å². The van der Waals surface area contributed by atoms with Gasteiger partial charge >= 0.3 is 5.97 Å². The highest BCUT2D eigenvalue weighted by Crippen LogP contribution is 2.40. The molecule has 0 bridgehead atoms. The number of carbonyl (C=O) groups is 1. The van der Waals surface area contributed by atoms with Crippen LogP contribution in [0.1, 0.15) is 17.9 Å². The lowest BCUT2D eigenvalue weighted by Crippen LogP contribution is -2.22. The van der Waals surface area contributed by atoms with Crippen LogP contribution in [0.5, 0.6) is 0 Å². The van der Waals surface area contributed by atoms with Crippen LogP contribution in [0.15, 0.2) is 4.52 Å². The molecule has 0 aliphatic heterocycles. The molecular weight excluding hydrogens is 208 g/mol. The molecule has 0 unspecified atom stereocenters. The van der Waals surface area contributed by atoms with Crippen molar-refractivity contribution in [2.45, 2.75) is 20.3 Å². The van der Waals surface area contributed by atoms with Gasteiger partial charge in [-0.25, -0.2) is 0 Å². The Hall–Kier alpha value is -1.52. The van der Waals surface area contributed by atoms with Crippen molar-refractivity contribution in [3.63, 3.8) is 0 Å². The minimum absolute atomic E-state index is 0.164. The summed E-state index contributed by atoms with van der Waals surface area (Å²) in [5.41, 5.74) is 1.84. The zero-order chi connectivity index (χ0) is 11.9. The van der Waals surface area contributed by atoms with Gasteiger partial charge in [-0.1, -0.05) is 5.16 Å². The van der Waals surface area contributed by atoms with Crippen molar-refractivity contribution in [1.29, 1.82) is 0 Å². The number of nitrogens with zero attached hydrogens (tertiary/aromatic N) is 2. The fourth-order valence-corrected chi connectivity index (χ4v) is 2.22. The fourth-order valence-electron chi connectivity index (χ4n) is 2.22. The SMILES string of the molecule is Cc1noc(C)c1N(C)C[C@@H]1C[C@H]1C(=O)O. The predicted molar refractivity (Wildman–Crippen MR) is 58.5 cm³/mol. The average Bonchev–Trinajstić information content (AvgIpc) is 2.87. The molecule has 5 nitrogen and oxygen atoms in total. The van der Waals surface area contributed by atoms with E-state index in [4.69, 9.17) is 9.63 Å². The van der Waals surface area contributed by atoms with Gasteiger partial charge in [0.15, 0.2) is 5.76 Å². The molecule has 0 spiro atoms. The van der Waals surface area contributed by atoms with Crippen molar-refractivity contribution in [2.75, 3.05) is 18.5 Å². The van der Waals surface area contributed by atoms with Crippen LogP contribution in [0.25, 0.3) is 0 Å². The van der Waals surface area contributed by atoms with E-state index in [1.165, 1.54) is 0 Å². The van der Waals surface area contributed by atoms with E-state index < -0.39 is 5.97 Å². The third-order valence-corrected chi connectivity index (χ3v) is 3.13. The highest BCUT2D eigenvalue weighted by Gasteiger charge is 2.43. The number of aliphatic carboxylic acids is 1. The van der Waals surface area contributed by atoms with E-state index in [0.29, 0.717) is 0 Å². The van der Waals surface area contributed by atoms with Gasteiger partial charge in [0, 0.05) is 13.6 Å². The molecule has 5 heteroatoms. The van der Waals surface area contributed by atoms with Gasteiger partial charge in [-0.05, 0) is 26.2 Å². The average molecular weight is 224 g/mol. The lowest BCUT2D eigenvalue weighted by molar-refractivity contribution is -0.138. The van der Waals surface area contributed by atoms with E-state index in [9.17, 15) is 4.79 Å². The molecule has 1 N–H and O–H groups in total. The first kappa shape index (κ1) is 11.0. The van der Waals surface area contributed by atoms with E-state index in [2.05, 4.69) is 5.16 Å². The number of hydrogen-bond acceptors (Lipinski definition) is 4. The number of aromatic nitrogens is 1. The lowest BCUT2D eigenvalue weighted by Gasteiger charge is -2.18. The molecule has 2 rings (SSSR count). The fraction of sp³-hybridized carbons (Fsp3) is 0.636. The minimum atomic E-state index is -0.683. The Balaban J connectivity index is 2.00. The molecule has 1 heterocycles. The molecule has 88 valence electrons. The van der Waals surface area contributed by atoms with Crippen molar-refractivity contribution in [2.24, 2.45) is 11.8 Å². The summed E-state index contributed by atoms with van der Waals surface area (Å²) in [4.78, 5) is 12.8. The first-order chi connectivity index (χ1) is 7.50. The summed E-state index contributed by atoms with van der Waals surface area (Å²) in [5, 5.41) is 12.7. The second-order valence-corrected chi connectivity index (χ2v) is 4.49. The van der Waals surface area contributed by atoms with Gasteiger partial charge in [-0.3, -0.25) is 4.79 Å². The van der Waals surface area contributed by atoms with Crippen LogP contribution in [0.3, 0.4) is 0 Å². The Morgan fingerprint density at radius 2 is 2.31 bits per heavy atom. The molecule has 0 aromatic carbocycles. The van der Waals surface area contributed by atoms with Crippen LogP contribution in [0.4, 0.5) is 5.69 Å². The molecule has 1 fully saturated rings. The highest BCUT2D eigenvalue weighted by atomic mass is 16.5. The van der Waals surface area contributed by atoms with Gasteiger partial charge in [0.2, 0.25) is 0 Å². The summed E-state index contributed by atoms with van der Waals surface area (Å²) in [6.45, 7) is 4.51. The second kappa shape index (κ2) is 3.81. The maximum atomic E-state index is 10.7. The van der Waals surface area contributed by atoms with Crippen molar-refractivity contribution >= 4 is 11.7 Å². The maximum absolute atomic E-state index is 10.7. The van der Waals surface area contributed by atoms with Crippen molar-refractivity contribution in [3.05, 3.63) is 11.5 Å². The largest absolute Gasteiger partial charge is 0.481 e. The van der Waals surface area contributed by atoms with Gasteiger partial charge in [0.1, 0.15) is 11.4 Å². The lowest BCUT2D eigenvalue weighted by atomic mass is 10.2. The van der Waals surface area contributed by atoms with Gasteiger partial charge in [-0.2, -0.15) is 0 Å². The van der Waals surface area contributed by atoms with Gasteiger partial charge in [0.25, 0.3) is 0 Å². The van der Waals surface area contributed by atoms with Crippen LogP contribution in [-0.2, 0) is 4.79 Å². The Bertz CT molecular complexity index is 394. The van der Waals surface area contributed by atoms with Gasteiger partial charge < -0.3 is 14.5 Å². The molecule has 16 heavy (non-hydrogen) atoms. The number of anilines is 1. The van der Waals surface area contributed by atoms with Crippen LogP contribution >= 0.6 is 0 Å². The van der Waals surface area contributed by atoms with E-state index in [1.54, 1.807) is 0 Å². The summed E-state index contributed by atoms with van der Waals surface area (Å²) in [6, 6.07) is 0. The molecule has 0 saturated heterocycles. The van der Waals surface area contributed by atoms with E-state index >= 15 is 0 Å². The summed E-state index contributed by atoms with van der Waals surface area (Å²) in [6.07, 6.45) is 0.781. The number of aryl methyl sites for hydroxylation is 2. The number of hydrogen-bond donors (Lipinski definition) is 1. The Morgan fingerprint density at radius 3 is 2.75 bits per heavy atom. The molecule has 1 aliphatic rings. The number of carboxylic acid groups (broad SMARTS) is 1. The number of carboxylic acids is 1. The Morgan fingerprint density at radius 1 is 1.62 bits per heavy atom. The van der Waals surface area contributed by atoms with Crippen LogP contribution in [-0.4, -0.2) is 29.8 Å². The minimum Gasteiger partial charge on any atom is -0.481 e. The standard InChI is InChI=1S/C11H16N2O3/c1-6-10(7(2)16-12-6)13(3)5-8-4-9(8)11(14)15/h8-9H,4-5H2,1-3H3,(H,14,15)/t8-,9+/m0/s1. The summed E-state index contributed by atoms with van der Waals surface area (Å²) >= 11 is 0. The molecule has 0 amide bonds. The van der Waals surface area contributed by atoms with Crippen LogP contribution in [0.2, 0.25) is 0 Å². The van der Waals surface area contributed by atoms with Crippen molar-refractivity contribution in [3.8, 4) is 0 Å². The third-order valence-electron chi connectivity index (χ3n) is 3.13. The molecule has 1 aromatic heterocycles. The molecule has 1 aromatic rings. The quantitative estimate of drug-likeness (QED) is 0.838. The Kier molecular flexibility index (Phi) is 2.61. The normalized spacial score (nSPS) is 23.2. The summed E-state index contributed by atoms with van der Waals surface area (Å²) < 4.78 is 5.08. The van der Waals surface area contributed by atoms with Gasteiger partial charge in [0.05, 0.1) is 5.92 Å². The first-order valence-electron chi connectivity index (χ1n) is 5.37. The van der Waals surface area contributed by atoms with Crippen LogP contribution in [0, 0.1) is 25.7 Å². The molecular formula is C11H16N2O3. The van der Waals surface area contributed by atoms with E-state index in [1.807, 2.05) is 25.8 Å². The predicted octanol–water partition coefficient (Wildman–Crippen LogP) is 1.45. The molecule has 2 atom stereocenters. The third kappa shape index (κ3) is 1.89. The zero-order valence-corrected chi connectivity index (χ0v) is 9.73. The van der Waals surface area contributed by atoms with E-state index in [-0.39, 0.29) is 11.8 Å².